The van der Waals surface area contributed by atoms with E-state index in [2.05, 4.69) is 10.3 Å². The van der Waals surface area contributed by atoms with Crippen LogP contribution in [0.4, 0.5) is 0 Å². The summed E-state index contributed by atoms with van der Waals surface area (Å²) in [5, 5.41) is 4.67. The van der Waals surface area contributed by atoms with E-state index in [4.69, 9.17) is 4.42 Å². The van der Waals surface area contributed by atoms with Gasteiger partial charge in [-0.1, -0.05) is 36.4 Å². The van der Waals surface area contributed by atoms with E-state index in [1.807, 2.05) is 55.5 Å². The Morgan fingerprint density at radius 3 is 2.81 bits per heavy atom. The lowest BCUT2D eigenvalue weighted by Gasteiger charge is -2.14. The van der Waals surface area contributed by atoms with Crippen molar-refractivity contribution in [2.45, 2.75) is 19.5 Å². The Balaban J connectivity index is 1.58. The van der Waals surface area contributed by atoms with Crippen LogP contribution in [0.3, 0.4) is 0 Å². The number of aromatic nitrogens is 2. The molecule has 0 aliphatic rings. The third kappa shape index (κ3) is 2.86. The van der Waals surface area contributed by atoms with Crippen LogP contribution in [0.25, 0.3) is 21.9 Å². The minimum absolute atomic E-state index is 0.268. The molecule has 0 radical (unpaired) electrons. The molecule has 26 heavy (non-hydrogen) atoms. The van der Waals surface area contributed by atoms with Crippen molar-refractivity contribution < 1.29 is 9.21 Å². The first kappa shape index (κ1) is 16.1. The Hall–Kier alpha value is -3.41. The number of rotatable bonds is 4. The highest BCUT2D eigenvalue weighted by molar-refractivity contribution is 6.05. The summed E-state index contributed by atoms with van der Waals surface area (Å²) in [6.07, 6.45) is 1.62. The molecule has 1 amide bonds. The van der Waals surface area contributed by atoms with Crippen LogP contribution in [0.2, 0.25) is 0 Å². The minimum Gasteiger partial charge on any atom is -0.408 e. The van der Waals surface area contributed by atoms with Crippen molar-refractivity contribution in [2.24, 2.45) is 0 Å². The fourth-order valence-corrected chi connectivity index (χ4v) is 3.10. The van der Waals surface area contributed by atoms with E-state index in [0.717, 1.165) is 10.8 Å². The molecule has 0 saturated heterocycles. The molecule has 0 aliphatic heterocycles. The number of hydrogen-bond acceptors (Lipinski definition) is 4. The number of carbonyl (C=O) groups is 1. The van der Waals surface area contributed by atoms with E-state index in [1.165, 1.54) is 4.57 Å². The molecule has 130 valence electrons. The largest absolute Gasteiger partial charge is 0.420 e. The second-order valence-corrected chi connectivity index (χ2v) is 6.20. The quantitative estimate of drug-likeness (QED) is 0.616. The van der Waals surface area contributed by atoms with Gasteiger partial charge in [0.25, 0.3) is 5.91 Å². The molecule has 2 aromatic carbocycles. The molecule has 1 atom stereocenters. The van der Waals surface area contributed by atoms with Gasteiger partial charge in [0.2, 0.25) is 0 Å². The maximum absolute atomic E-state index is 12.7. The summed E-state index contributed by atoms with van der Waals surface area (Å²) in [4.78, 5) is 29.0. The van der Waals surface area contributed by atoms with Crippen LogP contribution in [-0.4, -0.2) is 21.5 Å². The van der Waals surface area contributed by atoms with Crippen LogP contribution >= 0.6 is 0 Å². The Labute approximate surface area is 149 Å². The van der Waals surface area contributed by atoms with Crippen molar-refractivity contribution in [3.05, 3.63) is 77.0 Å². The SMILES string of the molecule is C[C@H](Cn1c(=O)oc2ccccc21)NC(=O)c1nccc2ccccc12. The monoisotopic (exact) mass is 347 g/mol. The molecule has 2 aromatic heterocycles. The second-order valence-electron chi connectivity index (χ2n) is 6.20. The fourth-order valence-electron chi connectivity index (χ4n) is 3.10. The van der Waals surface area contributed by atoms with Crippen LogP contribution < -0.4 is 11.1 Å². The molecule has 0 unspecified atom stereocenters. The molecule has 6 heteroatoms. The number of carbonyl (C=O) groups excluding carboxylic acids is 1. The molecule has 4 aromatic rings. The van der Waals surface area contributed by atoms with E-state index in [9.17, 15) is 9.59 Å². The smallest absolute Gasteiger partial charge is 0.408 e. The number of fused-ring (bicyclic) bond motifs is 2. The summed E-state index contributed by atoms with van der Waals surface area (Å²) in [6.45, 7) is 2.16. The van der Waals surface area contributed by atoms with Crippen molar-refractivity contribution >= 4 is 27.8 Å². The summed E-state index contributed by atoms with van der Waals surface area (Å²) < 4.78 is 6.75. The van der Waals surface area contributed by atoms with Crippen LogP contribution in [0, 0.1) is 0 Å². The standard InChI is InChI=1S/C20H17N3O3/c1-13(12-23-16-8-4-5-9-17(16)26-20(23)25)22-19(24)18-15-7-3-2-6-14(15)10-11-21-18/h2-11,13H,12H2,1H3,(H,22,24)/t13-/m1/s1. The molecule has 0 fully saturated rings. The van der Waals surface area contributed by atoms with Gasteiger partial charge in [0.1, 0.15) is 5.69 Å². The van der Waals surface area contributed by atoms with Crippen molar-refractivity contribution in [3.63, 3.8) is 0 Å². The maximum atomic E-state index is 12.7. The summed E-state index contributed by atoms with van der Waals surface area (Å²) in [7, 11) is 0. The fraction of sp³-hybridized carbons (Fsp3) is 0.150. The zero-order chi connectivity index (χ0) is 18.1. The predicted molar refractivity (Wildman–Crippen MR) is 99.1 cm³/mol. The number of amides is 1. The van der Waals surface area contributed by atoms with Crippen LogP contribution in [0.15, 0.2) is 70.0 Å². The first-order valence-corrected chi connectivity index (χ1v) is 8.36. The predicted octanol–water partition coefficient (Wildman–Crippen LogP) is 2.96. The zero-order valence-electron chi connectivity index (χ0n) is 14.2. The van der Waals surface area contributed by atoms with Gasteiger partial charge >= 0.3 is 5.76 Å². The van der Waals surface area contributed by atoms with Crippen molar-refractivity contribution in [1.29, 1.82) is 0 Å². The lowest BCUT2D eigenvalue weighted by molar-refractivity contribution is 0.0933. The number of pyridine rings is 1. The van der Waals surface area contributed by atoms with Gasteiger partial charge in [-0.3, -0.25) is 14.3 Å². The molecule has 1 N–H and O–H groups in total. The summed E-state index contributed by atoms with van der Waals surface area (Å²) in [5.74, 6) is -0.703. The Kier molecular flexibility index (Phi) is 4.01. The van der Waals surface area contributed by atoms with Crippen molar-refractivity contribution in [3.8, 4) is 0 Å². The molecule has 6 nitrogen and oxygen atoms in total. The van der Waals surface area contributed by atoms with Gasteiger partial charge in [-0.15, -0.1) is 0 Å². The van der Waals surface area contributed by atoms with Gasteiger partial charge in [0, 0.05) is 24.2 Å². The first-order chi connectivity index (χ1) is 12.6. The topological polar surface area (TPSA) is 77.1 Å². The Morgan fingerprint density at radius 1 is 1.15 bits per heavy atom. The van der Waals surface area contributed by atoms with Gasteiger partial charge in [0.15, 0.2) is 5.58 Å². The minimum atomic E-state index is -0.435. The van der Waals surface area contributed by atoms with Crippen molar-refractivity contribution in [2.75, 3.05) is 0 Å². The lowest BCUT2D eigenvalue weighted by atomic mass is 10.1. The van der Waals surface area contributed by atoms with E-state index < -0.39 is 5.76 Å². The molecule has 0 spiro atoms. The number of nitrogens with one attached hydrogen (secondary N) is 1. The number of benzene rings is 2. The van der Waals surface area contributed by atoms with Gasteiger partial charge in [0.05, 0.1) is 5.52 Å². The second kappa shape index (κ2) is 6.48. The van der Waals surface area contributed by atoms with Crippen LogP contribution in [-0.2, 0) is 6.54 Å². The summed E-state index contributed by atoms with van der Waals surface area (Å²) in [5.41, 5.74) is 1.62. The third-order valence-electron chi connectivity index (χ3n) is 4.30. The lowest BCUT2D eigenvalue weighted by Crippen LogP contribution is -2.37. The third-order valence-corrected chi connectivity index (χ3v) is 4.30. The average Bonchev–Trinajstić information content (AvgIpc) is 2.96. The molecule has 2 heterocycles. The highest BCUT2D eigenvalue weighted by Gasteiger charge is 2.16. The Morgan fingerprint density at radius 2 is 1.92 bits per heavy atom. The average molecular weight is 347 g/mol. The van der Waals surface area contributed by atoms with Crippen molar-refractivity contribution in [1.82, 2.24) is 14.9 Å². The normalized spacial score (nSPS) is 12.3. The van der Waals surface area contributed by atoms with Gasteiger partial charge in [-0.2, -0.15) is 0 Å². The maximum Gasteiger partial charge on any atom is 0.420 e. The van der Waals surface area contributed by atoms with Gasteiger partial charge in [-0.25, -0.2) is 4.79 Å². The number of para-hydroxylation sites is 2. The van der Waals surface area contributed by atoms with E-state index >= 15 is 0 Å². The van der Waals surface area contributed by atoms with Gasteiger partial charge in [-0.05, 0) is 30.5 Å². The van der Waals surface area contributed by atoms with E-state index in [-0.39, 0.29) is 11.9 Å². The van der Waals surface area contributed by atoms with Gasteiger partial charge < -0.3 is 9.73 Å². The molecule has 4 rings (SSSR count). The number of hydrogen-bond donors (Lipinski definition) is 1. The highest BCUT2D eigenvalue weighted by atomic mass is 16.4. The molecule has 0 saturated carbocycles. The van der Waals surface area contributed by atoms with Crippen LogP contribution in [0.1, 0.15) is 17.4 Å². The molecule has 0 aliphatic carbocycles. The summed E-state index contributed by atoms with van der Waals surface area (Å²) in [6, 6.07) is 16.4. The molecular weight excluding hydrogens is 330 g/mol. The molecular formula is C20H17N3O3. The first-order valence-electron chi connectivity index (χ1n) is 8.36. The Bertz CT molecular complexity index is 1150. The number of nitrogens with zero attached hydrogens (tertiary/aromatic N) is 2. The molecule has 0 bridgehead atoms. The zero-order valence-corrected chi connectivity index (χ0v) is 14.2. The van der Waals surface area contributed by atoms with Crippen LogP contribution in [0.5, 0.6) is 0 Å². The van der Waals surface area contributed by atoms with E-state index in [1.54, 1.807) is 12.3 Å². The number of oxazole rings is 1. The van der Waals surface area contributed by atoms with E-state index in [0.29, 0.717) is 23.3 Å². The highest BCUT2D eigenvalue weighted by Crippen LogP contribution is 2.16. The summed E-state index contributed by atoms with van der Waals surface area (Å²) >= 11 is 0.